The van der Waals surface area contributed by atoms with Gasteiger partial charge in [0.2, 0.25) is 11.7 Å². The third-order valence-corrected chi connectivity index (χ3v) is 6.91. The van der Waals surface area contributed by atoms with E-state index < -0.39 is 5.97 Å². The van der Waals surface area contributed by atoms with Crippen molar-refractivity contribution in [1.29, 1.82) is 0 Å². The monoisotopic (exact) mass is 451 g/mol. The van der Waals surface area contributed by atoms with E-state index >= 15 is 0 Å². The van der Waals surface area contributed by atoms with Crippen LogP contribution in [0.5, 0.6) is 5.75 Å². The van der Waals surface area contributed by atoms with Gasteiger partial charge in [0.05, 0.1) is 0 Å². The highest BCUT2D eigenvalue weighted by Gasteiger charge is 2.24. The summed E-state index contributed by atoms with van der Waals surface area (Å²) in [6.07, 6.45) is 1.03. The smallest absolute Gasteiger partial charge is 0.379 e. The first-order valence-corrected chi connectivity index (χ1v) is 11.5. The van der Waals surface area contributed by atoms with Crippen molar-refractivity contribution in [3.8, 4) is 5.75 Å². The van der Waals surface area contributed by atoms with Crippen LogP contribution in [-0.4, -0.2) is 22.1 Å². The number of benzene rings is 2. The zero-order chi connectivity index (χ0) is 21.4. The Balaban J connectivity index is 1.42. The fraction of sp³-hybridized carbons (Fsp3) is 0.182. The van der Waals surface area contributed by atoms with Crippen LogP contribution in [0.25, 0.3) is 11.0 Å². The third-order valence-electron chi connectivity index (χ3n) is 4.91. The molecule has 0 spiro atoms. The molecule has 1 amide bonds. The molecule has 0 saturated carbocycles. The van der Waals surface area contributed by atoms with Crippen molar-refractivity contribution in [1.82, 2.24) is 10.2 Å². The second-order valence-electron chi connectivity index (χ2n) is 7.04. The number of amides is 1. The molecule has 2 aromatic heterocycles. The molecule has 0 unspecified atom stereocenters. The minimum absolute atomic E-state index is 0.00714. The molecule has 5 rings (SSSR count). The van der Waals surface area contributed by atoms with E-state index in [1.165, 1.54) is 23.1 Å². The minimum Gasteiger partial charge on any atom is -0.449 e. The third kappa shape index (κ3) is 4.06. The summed E-state index contributed by atoms with van der Waals surface area (Å²) < 4.78 is 12.3. The van der Waals surface area contributed by atoms with E-state index in [0.717, 1.165) is 31.5 Å². The van der Waals surface area contributed by atoms with E-state index in [1.54, 1.807) is 18.2 Å². The number of hydrogen-bond acceptors (Lipinski definition) is 8. The lowest BCUT2D eigenvalue weighted by Gasteiger charge is -2.17. The Bertz CT molecular complexity index is 1310. The number of nitrogens with one attached hydrogen (secondary N) is 1. The van der Waals surface area contributed by atoms with Gasteiger partial charge >= 0.3 is 5.97 Å². The average Bonchev–Trinajstić information content (AvgIpc) is 3.35. The van der Waals surface area contributed by atoms with Crippen LogP contribution in [0.4, 0.5) is 5.69 Å². The number of hydrogen-bond donors (Lipinski definition) is 1. The van der Waals surface area contributed by atoms with Gasteiger partial charge in [-0.2, -0.15) is 0 Å². The normalized spacial score (nSPS) is 13.1. The number of carbonyl (C=O) groups is 2. The molecule has 0 aliphatic carbocycles. The fourth-order valence-electron chi connectivity index (χ4n) is 3.45. The lowest BCUT2D eigenvalue weighted by Crippen LogP contribution is -2.19. The van der Waals surface area contributed by atoms with Gasteiger partial charge in [-0.05, 0) is 43.2 Å². The van der Waals surface area contributed by atoms with Crippen molar-refractivity contribution in [3.63, 3.8) is 0 Å². The predicted octanol–water partition coefficient (Wildman–Crippen LogP) is 4.99. The molecule has 3 heterocycles. The fourth-order valence-corrected chi connectivity index (χ4v) is 5.30. The summed E-state index contributed by atoms with van der Waals surface area (Å²) in [4.78, 5) is 24.6. The first-order chi connectivity index (χ1) is 15.1. The highest BCUT2D eigenvalue weighted by atomic mass is 32.2. The van der Waals surface area contributed by atoms with Gasteiger partial charge in [0.25, 0.3) is 0 Å². The van der Waals surface area contributed by atoms with Crippen molar-refractivity contribution in [2.75, 3.05) is 5.32 Å². The van der Waals surface area contributed by atoms with Crippen LogP contribution >= 0.6 is 23.1 Å². The number of fused-ring (bicyclic) bond motifs is 2. The number of nitrogens with zero attached hydrogens (tertiary/aromatic N) is 2. The second kappa shape index (κ2) is 8.16. The standard InChI is InChI=1S/C22H17N3O4S2/c1-12-24-25-22(31-12)30-11-16-15-4-2-3-5-18(15)29-20(16)21(27)28-14-7-8-17-13(10-14)6-9-19(26)23-17/h2-5,7-8,10H,6,9,11H2,1H3,(H,23,26). The molecule has 1 aliphatic heterocycles. The number of aromatic nitrogens is 2. The van der Waals surface area contributed by atoms with Crippen molar-refractivity contribution < 1.29 is 18.7 Å². The quantitative estimate of drug-likeness (QED) is 0.259. The Hall–Kier alpha value is -3.17. The number of furan rings is 1. The largest absolute Gasteiger partial charge is 0.449 e. The molecule has 0 bridgehead atoms. The molecule has 0 atom stereocenters. The summed E-state index contributed by atoms with van der Waals surface area (Å²) in [6, 6.07) is 12.7. The maximum atomic E-state index is 13.0. The zero-order valence-electron chi connectivity index (χ0n) is 16.5. The van der Waals surface area contributed by atoms with Gasteiger partial charge in [0.15, 0.2) is 4.34 Å². The number of para-hydroxylation sites is 1. The first kappa shape index (κ1) is 19.8. The molecule has 0 saturated heterocycles. The Morgan fingerprint density at radius 3 is 2.94 bits per heavy atom. The highest BCUT2D eigenvalue weighted by Crippen LogP contribution is 2.34. The number of aryl methyl sites for hydroxylation is 2. The summed E-state index contributed by atoms with van der Waals surface area (Å²) in [5, 5.41) is 12.8. The van der Waals surface area contributed by atoms with Gasteiger partial charge in [-0.15, -0.1) is 10.2 Å². The van der Waals surface area contributed by atoms with Crippen LogP contribution in [0.3, 0.4) is 0 Å². The van der Waals surface area contributed by atoms with Gasteiger partial charge in [0.1, 0.15) is 16.3 Å². The van der Waals surface area contributed by atoms with Crippen LogP contribution in [0.1, 0.15) is 33.1 Å². The van der Waals surface area contributed by atoms with E-state index in [0.29, 0.717) is 29.9 Å². The van der Waals surface area contributed by atoms with Crippen LogP contribution in [0.2, 0.25) is 0 Å². The van der Waals surface area contributed by atoms with Crippen LogP contribution in [0.15, 0.2) is 51.2 Å². The van der Waals surface area contributed by atoms with Crippen molar-refractivity contribution in [3.05, 3.63) is 64.4 Å². The van der Waals surface area contributed by atoms with E-state index in [9.17, 15) is 9.59 Å². The molecular formula is C22H17N3O4S2. The summed E-state index contributed by atoms with van der Waals surface area (Å²) in [6.45, 7) is 1.90. The lowest BCUT2D eigenvalue weighted by molar-refractivity contribution is -0.116. The van der Waals surface area contributed by atoms with Crippen molar-refractivity contribution in [2.45, 2.75) is 29.9 Å². The number of ether oxygens (including phenoxy) is 1. The predicted molar refractivity (Wildman–Crippen MR) is 119 cm³/mol. The molecule has 9 heteroatoms. The van der Waals surface area contributed by atoms with Crippen LogP contribution in [0, 0.1) is 6.92 Å². The molecular weight excluding hydrogens is 434 g/mol. The number of esters is 1. The Morgan fingerprint density at radius 1 is 1.23 bits per heavy atom. The van der Waals surface area contributed by atoms with Gasteiger partial charge < -0.3 is 14.5 Å². The van der Waals surface area contributed by atoms with Crippen LogP contribution in [-0.2, 0) is 17.0 Å². The van der Waals surface area contributed by atoms with Gasteiger partial charge in [-0.25, -0.2) is 4.79 Å². The molecule has 31 heavy (non-hydrogen) atoms. The second-order valence-corrected chi connectivity index (χ2v) is 9.44. The maximum absolute atomic E-state index is 13.0. The summed E-state index contributed by atoms with van der Waals surface area (Å²) in [5.74, 6) is 0.541. The molecule has 1 N–H and O–H groups in total. The Labute approximate surface area is 185 Å². The van der Waals surface area contributed by atoms with Gasteiger partial charge in [-0.3, -0.25) is 4.79 Å². The minimum atomic E-state index is -0.556. The molecule has 7 nitrogen and oxygen atoms in total. The molecule has 0 radical (unpaired) electrons. The number of rotatable bonds is 5. The molecule has 4 aromatic rings. The zero-order valence-corrected chi connectivity index (χ0v) is 18.1. The summed E-state index contributed by atoms with van der Waals surface area (Å²) in [7, 11) is 0. The SMILES string of the molecule is Cc1nnc(SCc2c(C(=O)Oc3ccc4c(c3)CCC(=O)N4)oc3ccccc23)s1. The van der Waals surface area contributed by atoms with E-state index in [1.807, 2.05) is 31.2 Å². The molecule has 1 aliphatic rings. The maximum Gasteiger partial charge on any atom is 0.379 e. The summed E-state index contributed by atoms with van der Waals surface area (Å²) >= 11 is 3.02. The van der Waals surface area contributed by atoms with Crippen molar-refractivity contribution >= 4 is 51.6 Å². The van der Waals surface area contributed by atoms with E-state index in [2.05, 4.69) is 15.5 Å². The lowest BCUT2D eigenvalue weighted by atomic mass is 10.0. The van der Waals surface area contributed by atoms with E-state index in [4.69, 9.17) is 9.15 Å². The Kier molecular flexibility index (Phi) is 5.21. The number of anilines is 1. The first-order valence-electron chi connectivity index (χ1n) is 9.65. The van der Waals surface area contributed by atoms with Gasteiger partial charge in [0, 0.05) is 28.8 Å². The highest BCUT2D eigenvalue weighted by molar-refractivity contribution is 8.00. The van der Waals surface area contributed by atoms with Crippen molar-refractivity contribution in [2.24, 2.45) is 0 Å². The van der Waals surface area contributed by atoms with E-state index in [-0.39, 0.29) is 11.7 Å². The van der Waals surface area contributed by atoms with Gasteiger partial charge in [-0.1, -0.05) is 41.3 Å². The molecule has 0 fully saturated rings. The average molecular weight is 452 g/mol. The topological polar surface area (TPSA) is 94.3 Å². The Morgan fingerprint density at radius 2 is 2.10 bits per heavy atom. The molecule has 2 aromatic carbocycles. The van der Waals surface area contributed by atoms with Crippen LogP contribution < -0.4 is 10.1 Å². The molecule has 156 valence electrons. The summed E-state index contributed by atoms with van der Waals surface area (Å²) in [5.41, 5.74) is 3.09. The number of thioether (sulfide) groups is 1. The number of carbonyl (C=O) groups excluding carboxylic acids is 2.